The highest BCUT2D eigenvalue weighted by Crippen LogP contribution is 2.28. The van der Waals surface area contributed by atoms with E-state index in [0.29, 0.717) is 0 Å². The minimum atomic E-state index is 0.217. The lowest BCUT2D eigenvalue weighted by atomic mass is 9.97. The Morgan fingerprint density at radius 3 is 2.57 bits per heavy atom. The second-order valence-corrected chi connectivity index (χ2v) is 5.83. The highest BCUT2D eigenvalue weighted by atomic mass is 16.5. The van der Waals surface area contributed by atoms with Crippen molar-refractivity contribution in [2.75, 3.05) is 7.11 Å². The van der Waals surface area contributed by atoms with Gasteiger partial charge in [-0.2, -0.15) is 0 Å². The maximum absolute atomic E-state index is 5.29. The molecule has 0 aliphatic rings. The minimum absolute atomic E-state index is 0.217. The van der Waals surface area contributed by atoms with Gasteiger partial charge >= 0.3 is 0 Å². The van der Waals surface area contributed by atoms with E-state index in [9.17, 15) is 0 Å². The maximum atomic E-state index is 5.29. The number of hydrogen-bond acceptors (Lipinski definition) is 2. The molecule has 0 saturated heterocycles. The van der Waals surface area contributed by atoms with Gasteiger partial charge in [0.05, 0.1) is 18.1 Å². The van der Waals surface area contributed by atoms with Crippen molar-refractivity contribution in [1.29, 1.82) is 0 Å². The lowest BCUT2D eigenvalue weighted by Crippen LogP contribution is -1.98. The number of hydrogen-bond donors (Lipinski definition) is 1. The largest absolute Gasteiger partial charge is 0.497 e. The van der Waals surface area contributed by atoms with Gasteiger partial charge in [0.1, 0.15) is 11.6 Å². The fourth-order valence-corrected chi connectivity index (χ4v) is 2.97. The van der Waals surface area contributed by atoms with Gasteiger partial charge in [-0.3, -0.25) is 0 Å². The van der Waals surface area contributed by atoms with Crippen molar-refractivity contribution in [3.05, 3.63) is 72.1 Å². The third-order valence-corrected chi connectivity index (χ3v) is 4.39. The van der Waals surface area contributed by atoms with Crippen LogP contribution in [0.3, 0.4) is 0 Å². The van der Waals surface area contributed by atoms with Gasteiger partial charge in [-0.1, -0.05) is 43.3 Å². The highest BCUT2D eigenvalue weighted by Gasteiger charge is 2.13. The summed E-state index contributed by atoms with van der Waals surface area (Å²) in [6.45, 7) is 2.18. The van der Waals surface area contributed by atoms with Crippen molar-refractivity contribution in [3.63, 3.8) is 0 Å². The molecule has 0 aliphatic carbocycles. The van der Waals surface area contributed by atoms with Crippen LogP contribution in [0.5, 0.6) is 5.75 Å². The molecule has 0 fully saturated rings. The molecule has 0 unspecified atom stereocenters. The lowest BCUT2D eigenvalue weighted by Gasteiger charge is -2.11. The Hall–Kier alpha value is -2.81. The van der Waals surface area contributed by atoms with E-state index in [0.717, 1.165) is 22.6 Å². The molecule has 3 nitrogen and oxygen atoms in total. The topological polar surface area (TPSA) is 37.9 Å². The number of aromatic nitrogens is 2. The molecule has 4 rings (SSSR count). The molecule has 0 amide bonds. The summed E-state index contributed by atoms with van der Waals surface area (Å²) >= 11 is 0. The Morgan fingerprint density at radius 2 is 1.74 bits per heavy atom. The molecule has 3 heteroatoms. The minimum Gasteiger partial charge on any atom is -0.497 e. The van der Waals surface area contributed by atoms with Crippen molar-refractivity contribution < 1.29 is 4.74 Å². The summed E-state index contributed by atoms with van der Waals surface area (Å²) in [7, 11) is 1.69. The highest BCUT2D eigenvalue weighted by molar-refractivity contribution is 5.84. The molecule has 1 atom stereocenters. The number of nitrogens with one attached hydrogen (secondary N) is 1. The zero-order chi connectivity index (χ0) is 15.8. The molecule has 0 bridgehead atoms. The predicted molar refractivity (Wildman–Crippen MR) is 94.1 cm³/mol. The molecule has 23 heavy (non-hydrogen) atoms. The number of nitrogens with zero attached hydrogens (tertiary/aromatic N) is 1. The number of benzene rings is 3. The monoisotopic (exact) mass is 302 g/mol. The first kappa shape index (κ1) is 13.8. The third-order valence-electron chi connectivity index (χ3n) is 4.39. The predicted octanol–water partition coefficient (Wildman–Crippen LogP) is 4.88. The van der Waals surface area contributed by atoms with E-state index in [4.69, 9.17) is 9.72 Å². The fourth-order valence-electron chi connectivity index (χ4n) is 2.97. The van der Waals surface area contributed by atoms with E-state index in [2.05, 4.69) is 48.3 Å². The summed E-state index contributed by atoms with van der Waals surface area (Å²) in [6, 6.07) is 20.8. The smallest absolute Gasteiger partial charge is 0.119 e. The number of H-pyrrole nitrogens is 1. The Balaban J connectivity index is 1.75. The Morgan fingerprint density at radius 1 is 0.957 bits per heavy atom. The van der Waals surface area contributed by atoms with Gasteiger partial charge in [0.25, 0.3) is 0 Å². The Kier molecular flexibility index (Phi) is 3.27. The van der Waals surface area contributed by atoms with E-state index in [1.165, 1.54) is 16.3 Å². The van der Waals surface area contributed by atoms with Crippen molar-refractivity contribution >= 4 is 21.8 Å². The molecule has 114 valence electrons. The standard InChI is InChI=1S/C20H18N2O/c1-13(20-21-18-5-3-4-6-19(18)22-20)14-7-8-16-12-17(23-2)10-9-15(16)11-14/h3-13H,1-2H3,(H,21,22)/t13-/m1/s1. The Labute approximate surface area is 134 Å². The number of para-hydroxylation sites is 2. The van der Waals surface area contributed by atoms with Gasteiger partial charge in [-0.05, 0) is 40.6 Å². The quantitative estimate of drug-likeness (QED) is 0.586. The normalized spacial score (nSPS) is 12.6. The summed E-state index contributed by atoms with van der Waals surface area (Å²) in [4.78, 5) is 8.15. The van der Waals surface area contributed by atoms with Crippen LogP contribution in [0.15, 0.2) is 60.7 Å². The maximum Gasteiger partial charge on any atom is 0.119 e. The SMILES string of the molecule is COc1ccc2cc([C@@H](C)c3nc4ccccc4[nH]3)ccc2c1. The van der Waals surface area contributed by atoms with Crippen LogP contribution in [0, 0.1) is 0 Å². The van der Waals surface area contributed by atoms with Gasteiger partial charge in [-0.25, -0.2) is 4.98 Å². The number of imidazole rings is 1. The van der Waals surface area contributed by atoms with Crippen LogP contribution in [0.25, 0.3) is 21.8 Å². The second-order valence-electron chi connectivity index (χ2n) is 5.83. The van der Waals surface area contributed by atoms with Crippen molar-refractivity contribution in [2.45, 2.75) is 12.8 Å². The summed E-state index contributed by atoms with van der Waals surface area (Å²) in [5.74, 6) is 2.10. The molecule has 0 aliphatic heterocycles. The van der Waals surface area contributed by atoms with Crippen LogP contribution < -0.4 is 4.74 Å². The number of rotatable bonds is 3. The van der Waals surface area contributed by atoms with Gasteiger partial charge in [0, 0.05) is 5.92 Å². The van der Waals surface area contributed by atoms with Crippen LogP contribution in [0.4, 0.5) is 0 Å². The first-order chi connectivity index (χ1) is 11.2. The Bertz CT molecular complexity index is 954. The zero-order valence-electron chi connectivity index (χ0n) is 13.2. The van der Waals surface area contributed by atoms with Gasteiger partial charge < -0.3 is 9.72 Å². The molecule has 0 saturated carbocycles. The van der Waals surface area contributed by atoms with E-state index >= 15 is 0 Å². The molecular weight excluding hydrogens is 284 g/mol. The molecule has 1 heterocycles. The first-order valence-electron chi connectivity index (χ1n) is 7.77. The van der Waals surface area contributed by atoms with Crippen LogP contribution in [-0.2, 0) is 0 Å². The fraction of sp³-hybridized carbons (Fsp3) is 0.150. The average Bonchev–Trinajstić information content (AvgIpc) is 3.04. The number of ether oxygens (including phenoxy) is 1. The molecular formula is C20H18N2O. The van der Waals surface area contributed by atoms with Gasteiger partial charge in [0.15, 0.2) is 0 Å². The molecule has 3 aromatic carbocycles. The van der Waals surface area contributed by atoms with Crippen LogP contribution in [-0.4, -0.2) is 17.1 Å². The van der Waals surface area contributed by atoms with Crippen molar-refractivity contribution in [2.24, 2.45) is 0 Å². The van der Waals surface area contributed by atoms with Crippen molar-refractivity contribution in [3.8, 4) is 5.75 Å². The van der Waals surface area contributed by atoms with E-state index < -0.39 is 0 Å². The molecule has 0 radical (unpaired) electrons. The second kappa shape index (κ2) is 5.43. The summed E-state index contributed by atoms with van der Waals surface area (Å²) in [5.41, 5.74) is 3.35. The number of methoxy groups -OCH3 is 1. The molecule has 4 aromatic rings. The first-order valence-corrected chi connectivity index (χ1v) is 7.77. The van der Waals surface area contributed by atoms with Crippen molar-refractivity contribution in [1.82, 2.24) is 9.97 Å². The number of fused-ring (bicyclic) bond motifs is 2. The summed E-state index contributed by atoms with van der Waals surface area (Å²) in [6.07, 6.45) is 0. The van der Waals surface area contributed by atoms with Crippen LogP contribution in [0.1, 0.15) is 24.2 Å². The number of aromatic amines is 1. The molecule has 0 spiro atoms. The summed E-state index contributed by atoms with van der Waals surface area (Å²) in [5, 5.41) is 2.40. The van der Waals surface area contributed by atoms with Gasteiger partial charge in [-0.15, -0.1) is 0 Å². The third kappa shape index (κ3) is 2.44. The van der Waals surface area contributed by atoms with E-state index in [1.807, 2.05) is 24.3 Å². The average molecular weight is 302 g/mol. The molecule has 1 N–H and O–H groups in total. The van der Waals surface area contributed by atoms with Gasteiger partial charge in [0.2, 0.25) is 0 Å². The molecule has 1 aromatic heterocycles. The van der Waals surface area contributed by atoms with Crippen LogP contribution >= 0.6 is 0 Å². The summed E-state index contributed by atoms with van der Waals surface area (Å²) < 4.78 is 5.29. The van der Waals surface area contributed by atoms with E-state index in [-0.39, 0.29) is 5.92 Å². The zero-order valence-corrected chi connectivity index (χ0v) is 13.2. The van der Waals surface area contributed by atoms with E-state index in [1.54, 1.807) is 7.11 Å². The van der Waals surface area contributed by atoms with Crippen LogP contribution in [0.2, 0.25) is 0 Å². The lowest BCUT2D eigenvalue weighted by molar-refractivity contribution is 0.415.